The molecule has 2 atom stereocenters. The van der Waals surface area contributed by atoms with Crippen molar-refractivity contribution in [3.63, 3.8) is 0 Å². The van der Waals surface area contributed by atoms with Gasteiger partial charge in [0.1, 0.15) is 12.4 Å². The predicted octanol–water partition coefficient (Wildman–Crippen LogP) is 5.74. The van der Waals surface area contributed by atoms with Crippen molar-refractivity contribution in [1.29, 1.82) is 0 Å². The second-order valence-electron chi connectivity index (χ2n) is 10.1. The van der Waals surface area contributed by atoms with Gasteiger partial charge in [-0.2, -0.15) is 0 Å². The molecule has 2 aromatic carbocycles. The molecular formula is C26H31BrFNO3. The normalized spacial score (nSPS) is 30.5. The first kappa shape index (κ1) is 22.2. The molecule has 0 amide bonds. The van der Waals surface area contributed by atoms with Gasteiger partial charge in [-0.3, -0.25) is 0 Å². The Balaban J connectivity index is 1.30. The molecule has 0 spiro atoms. The summed E-state index contributed by atoms with van der Waals surface area (Å²) < 4.78 is 25.9. The third kappa shape index (κ3) is 4.55. The van der Waals surface area contributed by atoms with Gasteiger partial charge >= 0.3 is 0 Å². The Morgan fingerprint density at radius 1 is 1.06 bits per heavy atom. The van der Waals surface area contributed by atoms with E-state index in [0.29, 0.717) is 36.5 Å². The number of benzene rings is 2. The van der Waals surface area contributed by atoms with Crippen LogP contribution in [0.4, 0.5) is 4.39 Å². The first-order chi connectivity index (χ1) is 15.4. The van der Waals surface area contributed by atoms with Gasteiger partial charge in [-0.1, -0.05) is 12.1 Å². The van der Waals surface area contributed by atoms with E-state index in [1.54, 1.807) is 12.1 Å². The quantitative estimate of drug-likeness (QED) is 0.482. The lowest BCUT2D eigenvalue weighted by atomic mass is 9.51. The van der Waals surface area contributed by atoms with Gasteiger partial charge in [-0.15, -0.1) is 0 Å². The maximum absolute atomic E-state index is 13.2. The summed E-state index contributed by atoms with van der Waals surface area (Å²) in [7, 11) is 0. The number of aliphatic hydroxyl groups is 1. The van der Waals surface area contributed by atoms with E-state index in [4.69, 9.17) is 9.47 Å². The van der Waals surface area contributed by atoms with Crippen molar-refractivity contribution in [3.05, 3.63) is 57.8 Å². The van der Waals surface area contributed by atoms with E-state index in [-0.39, 0.29) is 11.4 Å². The largest absolute Gasteiger partial charge is 0.490 e. The van der Waals surface area contributed by atoms with Crippen molar-refractivity contribution in [2.45, 2.75) is 69.7 Å². The molecule has 2 unspecified atom stereocenters. The van der Waals surface area contributed by atoms with Crippen LogP contribution in [0.15, 0.2) is 40.9 Å². The standard InChI is InChI=1S/C26H31BrFNO3/c1-2-31-23-9-18(8-22(27)24(23)32-15-17-3-5-21(28)6-4-17)14-29-25-10-19-7-20(11-25)13-26(30,12-19)16-25/h3-6,8-9,19-20,29-30H,2,7,10-16H2,1H3. The van der Waals surface area contributed by atoms with Crippen LogP contribution in [0.25, 0.3) is 0 Å². The molecule has 0 radical (unpaired) electrons. The van der Waals surface area contributed by atoms with Crippen molar-refractivity contribution in [1.82, 2.24) is 5.32 Å². The van der Waals surface area contributed by atoms with E-state index < -0.39 is 5.60 Å². The Bertz CT molecular complexity index is 966. The second-order valence-corrected chi connectivity index (χ2v) is 10.9. The molecule has 6 heteroatoms. The minimum absolute atomic E-state index is 0.0504. The van der Waals surface area contributed by atoms with E-state index in [2.05, 4.69) is 27.3 Å². The molecule has 2 aromatic rings. The highest BCUT2D eigenvalue weighted by Gasteiger charge is 2.56. The van der Waals surface area contributed by atoms with Crippen LogP contribution in [0.2, 0.25) is 0 Å². The first-order valence-electron chi connectivity index (χ1n) is 11.7. The molecule has 4 aliphatic carbocycles. The van der Waals surface area contributed by atoms with Gasteiger partial charge < -0.3 is 19.9 Å². The third-order valence-electron chi connectivity index (χ3n) is 7.36. The average Bonchev–Trinajstić information content (AvgIpc) is 2.71. The molecule has 172 valence electrons. The molecule has 32 heavy (non-hydrogen) atoms. The summed E-state index contributed by atoms with van der Waals surface area (Å²) in [6.07, 6.45) is 6.45. The lowest BCUT2D eigenvalue weighted by Crippen LogP contribution is -2.64. The fraction of sp³-hybridized carbons (Fsp3) is 0.538. The van der Waals surface area contributed by atoms with Gasteiger partial charge in [0.05, 0.1) is 16.7 Å². The molecule has 4 saturated carbocycles. The zero-order valence-electron chi connectivity index (χ0n) is 18.5. The van der Waals surface area contributed by atoms with E-state index in [1.807, 2.05) is 13.0 Å². The predicted molar refractivity (Wildman–Crippen MR) is 125 cm³/mol. The minimum atomic E-state index is -0.466. The van der Waals surface area contributed by atoms with Gasteiger partial charge in [-0.05, 0) is 109 Å². The molecule has 0 aliphatic heterocycles. The zero-order valence-corrected chi connectivity index (χ0v) is 20.1. The number of hydrogen-bond acceptors (Lipinski definition) is 4. The molecule has 4 bridgehead atoms. The van der Waals surface area contributed by atoms with Crippen LogP contribution in [0.5, 0.6) is 11.5 Å². The van der Waals surface area contributed by atoms with Crippen molar-refractivity contribution in [2.24, 2.45) is 11.8 Å². The smallest absolute Gasteiger partial charge is 0.175 e. The second kappa shape index (κ2) is 8.62. The summed E-state index contributed by atoms with van der Waals surface area (Å²) in [5.74, 6) is 2.41. The highest BCUT2D eigenvalue weighted by Crippen LogP contribution is 2.57. The van der Waals surface area contributed by atoms with Crippen molar-refractivity contribution in [3.8, 4) is 11.5 Å². The fourth-order valence-electron chi connectivity index (χ4n) is 6.57. The average molecular weight is 504 g/mol. The Labute approximate surface area is 197 Å². The maximum atomic E-state index is 13.2. The third-order valence-corrected chi connectivity index (χ3v) is 7.95. The maximum Gasteiger partial charge on any atom is 0.175 e. The van der Waals surface area contributed by atoms with Gasteiger partial charge in [-0.25, -0.2) is 4.39 Å². The molecule has 0 heterocycles. The van der Waals surface area contributed by atoms with E-state index in [0.717, 1.165) is 41.4 Å². The van der Waals surface area contributed by atoms with Gasteiger partial charge in [0.15, 0.2) is 11.5 Å². The Morgan fingerprint density at radius 2 is 1.78 bits per heavy atom. The summed E-state index contributed by atoms with van der Waals surface area (Å²) in [6.45, 7) is 3.56. The van der Waals surface area contributed by atoms with E-state index in [1.165, 1.54) is 31.4 Å². The highest BCUT2D eigenvalue weighted by molar-refractivity contribution is 9.10. The minimum Gasteiger partial charge on any atom is -0.490 e. The van der Waals surface area contributed by atoms with E-state index >= 15 is 0 Å². The summed E-state index contributed by atoms with van der Waals surface area (Å²) in [4.78, 5) is 0. The summed E-state index contributed by atoms with van der Waals surface area (Å²) in [5.41, 5.74) is 1.60. The molecule has 0 saturated heterocycles. The molecule has 0 aromatic heterocycles. The van der Waals surface area contributed by atoms with Crippen molar-refractivity contribution >= 4 is 15.9 Å². The Kier molecular flexibility index (Phi) is 5.97. The topological polar surface area (TPSA) is 50.7 Å². The highest BCUT2D eigenvalue weighted by atomic mass is 79.9. The van der Waals surface area contributed by atoms with Crippen LogP contribution in [0, 0.1) is 17.7 Å². The van der Waals surface area contributed by atoms with Gasteiger partial charge in [0, 0.05) is 12.1 Å². The zero-order chi connectivity index (χ0) is 22.3. The summed E-state index contributed by atoms with van der Waals surface area (Å²) in [6, 6.07) is 10.4. The van der Waals surface area contributed by atoms with Crippen molar-refractivity contribution < 1.29 is 19.0 Å². The van der Waals surface area contributed by atoms with Crippen LogP contribution < -0.4 is 14.8 Å². The number of ether oxygens (including phenoxy) is 2. The lowest BCUT2D eigenvalue weighted by Gasteiger charge is -2.60. The van der Waals surface area contributed by atoms with Gasteiger partial charge in [0.25, 0.3) is 0 Å². The SMILES string of the molecule is CCOc1cc(CNC23CC4CC(CC(O)(C4)C2)C3)cc(Br)c1OCc1ccc(F)cc1. The number of hydrogen-bond donors (Lipinski definition) is 2. The van der Waals surface area contributed by atoms with E-state index in [9.17, 15) is 9.50 Å². The lowest BCUT2D eigenvalue weighted by molar-refractivity contribution is -0.142. The number of nitrogens with one attached hydrogen (secondary N) is 1. The molecule has 6 rings (SSSR count). The van der Waals surface area contributed by atoms with Crippen molar-refractivity contribution in [2.75, 3.05) is 6.61 Å². The fourth-order valence-corrected chi connectivity index (χ4v) is 7.18. The van der Waals surface area contributed by atoms with Crippen LogP contribution in [0.1, 0.15) is 56.6 Å². The van der Waals surface area contributed by atoms with Crippen LogP contribution in [0.3, 0.4) is 0 Å². The summed E-state index contributed by atoms with van der Waals surface area (Å²) >= 11 is 3.66. The molecule has 4 nitrogen and oxygen atoms in total. The molecule has 2 N–H and O–H groups in total. The number of halogens is 2. The Morgan fingerprint density at radius 3 is 2.44 bits per heavy atom. The van der Waals surface area contributed by atoms with Gasteiger partial charge in [0.2, 0.25) is 0 Å². The van der Waals surface area contributed by atoms with Crippen LogP contribution in [-0.4, -0.2) is 22.9 Å². The monoisotopic (exact) mass is 503 g/mol. The van der Waals surface area contributed by atoms with Crippen LogP contribution >= 0.6 is 15.9 Å². The number of rotatable bonds is 8. The molecule has 4 aliphatic rings. The Hall–Kier alpha value is -1.63. The first-order valence-corrected chi connectivity index (χ1v) is 12.4. The molecule has 4 fully saturated rings. The summed E-state index contributed by atoms with van der Waals surface area (Å²) in [5, 5.41) is 14.9. The molecular weight excluding hydrogens is 473 g/mol. The van der Waals surface area contributed by atoms with Crippen LogP contribution in [-0.2, 0) is 13.2 Å².